The van der Waals surface area contributed by atoms with E-state index in [1.807, 2.05) is 6.07 Å². The average Bonchev–Trinajstić information content (AvgIpc) is 2.64. The summed E-state index contributed by atoms with van der Waals surface area (Å²) in [6.07, 6.45) is 5.07. The second-order valence-corrected chi connectivity index (χ2v) is 5.74. The molecule has 2 unspecified atom stereocenters. The molecule has 2 saturated heterocycles. The quantitative estimate of drug-likeness (QED) is 0.887. The Morgan fingerprint density at radius 2 is 1.76 bits per heavy atom. The Kier molecular flexibility index (Phi) is 3.20. The topological polar surface area (TPSA) is 21.3 Å². The van der Waals surface area contributed by atoms with Crippen LogP contribution in [0.1, 0.15) is 25.7 Å². The highest BCUT2D eigenvalue weighted by molar-refractivity contribution is 6.42. The van der Waals surface area contributed by atoms with E-state index < -0.39 is 0 Å². The molecule has 0 amide bonds. The van der Waals surface area contributed by atoms with Crippen molar-refractivity contribution in [3.8, 4) is 5.75 Å². The standard InChI is InChI=1S/C13H15Cl2NO/c14-12-4-3-10(7-13(12)15)17-11-5-8-1-2-9(6-11)16-8/h3-4,7-9,11,16H,1-2,5-6H2. The van der Waals surface area contributed by atoms with Gasteiger partial charge in [-0.25, -0.2) is 0 Å². The van der Waals surface area contributed by atoms with E-state index in [9.17, 15) is 0 Å². The van der Waals surface area contributed by atoms with Gasteiger partial charge in [0.05, 0.1) is 10.0 Å². The number of piperidine rings is 1. The number of benzene rings is 1. The van der Waals surface area contributed by atoms with Gasteiger partial charge in [0.15, 0.2) is 0 Å². The highest BCUT2D eigenvalue weighted by atomic mass is 35.5. The molecular formula is C13H15Cl2NO. The molecule has 92 valence electrons. The Balaban J connectivity index is 1.68. The molecule has 2 aliphatic heterocycles. The fraction of sp³-hybridized carbons (Fsp3) is 0.538. The summed E-state index contributed by atoms with van der Waals surface area (Å²) in [6.45, 7) is 0. The first kappa shape index (κ1) is 11.6. The van der Waals surface area contributed by atoms with Gasteiger partial charge >= 0.3 is 0 Å². The SMILES string of the molecule is Clc1ccc(OC2CC3CCC(C2)N3)cc1Cl. The van der Waals surface area contributed by atoms with E-state index in [0.29, 0.717) is 28.2 Å². The van der Waals surface area contributed by atoms with Gasteiger partial charge in [0.25, 0.3) is 0 Å². The van der Waals surface area contributed by atoms with Gasteiger partial charge in [0.2, 0.25) is 0 Å². The van der Waals surface area contributed by atoms with Gasteiger partial charge in [-0.15, -0.1) is 0 Å². The summed E-state index contributed by atoms with van der Waals surface area (Å²) in [5.74, 6) is 0.825. The fourth-order valence-electron chi connectivity index (χ4n) is 2.84. The number of ether oxygens (including phenoxy) is 1. The molecule has 4 heteroatoms. The van der Waals surface area contributed by atoms with Crippen molar-refractivity contribution in [1.29, 1.82) is 0 Å². The minimum Gasteiger partial charge on any atom is -0.490 e. The zero-order valence-electron chi connectivity index (χ0n) is 9.46. The molecule has 2 bridgehead atoms. The molecule has 0 aliphatic carbocycles. The van der Waals surface area contributed by atoms with Crippen LogP contribution in [0.25, 0.3) is 0 Å². The lowest BCUT2D eigenvalue weighted by atomic mass is 10.0. The molecule has 3 rings (SSSR count). The van der Waals surface area contributed by atoms with E-state index in [1.165, 1.54) is 12.8 Å². The lowest BCUT2D eigenvalue weighted by Crippen LogP contribution is -2.42. The van der Waals surface area contributed by atoms with Crippen LogP contribution in [0, 0.1) is 0 Å². The Morgan fingerprint density at radius 1 is 1.06 bits per heavy atom. The lowest BCUT2D eigenvalue weighted by Gasteiger charge is -2.29. The molecule has 2 nitrogen and oxygen atoms in total. The van der Waals surface area contributed by atoms with Crippen LogP contribution in [0.15, 0.2) is 18.2 Å². The van der Waals surface area contributed by atoms with Gasteiger partial charge in [-0.1, -0.05) is 23.2 Å². The van der Waals surface area contributed by atoms with E-state index in [0.717, 1.165) is 18.6 Å². The first-order chi connectivity index (χ1) is 8.20. The Morgan fingerprint density at radius 3 is 2.41 bits per heavy atom. The molecule has 2 fully saturated rings. The molecule has 0 spiro atoms. The van der Waals surface area contributed by atoms with Crippen molar-refractivity contribution in [2.24, 2.45) is 0 Å². The molecule has 2 aliphatic rings. The average molecular weight is 272 g/mol. The van der Waals surface area contributed by atoms with Crippen LogP contribution in [-0.4, -0.2) is 18.2 Å². The van der Waals surface area contributed by atoms with Crippen molar-refractivity contribution >= 4 is 23.2 Å². The molecule has 2 atom stereocenters. The lowest BCUT2D eigenvalue weighted by molar-refractivity contribution is 0.137. The molecule has 17 heavy (non-hydrogen) atoms. The molecule has 0 aromatic heterocycles. The second kappa shape index (κ2) is 4.68. The number of hydrogen-bond acceptors (Lipinski definition) is 2. The van der Waals surface area contributed by atoms with Crippen molar-refractivity contribution in [2.45, 2.75) is 43.9 Å². The number of fused-ring (bicyclic) bond motifs is 2. The normalized spacial score (nSPS) is 31.5. The largest absolute Gasteiger partial charge is 0.490 e. The van der Waals surface area contributed by atoms with Gasteiger partial charge in [-0.2, -0.15) is 0 Å². The summed E-state index contributed by atoms with van der Waals surface area (Å²) in [5.41, 5.74) is 0. The summed E-state index contributed by atoms with van der Waals surface area (Å²) >= 11 is 11.9. The third kappa shape index (κ3) is 2.54. The van der Waals surface area contributed by atoms with Gasteiger partial charge < -0.3 is 10.1 Å². The summed E-state index contributed by atoms with van der Waals surface area (Å²) in [5, 5.41) is 4.73. The van der Waals surface area contributed by atoms with Gasteiger partial charge in [0, 0.05) is 18.2 Å². The maximum atomic E-state index is 5.99. The summed E-state index contributed by atoms with van der Waals surface area (Å²) in [4.78, 5) is 0. The molecule has 1 N–H and O–H groups in total. The first-order valence-electron chi connectivity index (χ1n) is 6.08. The van der Waals surface area contributed by atoms with Crippen LogP contribution < -0.4 is 10.1 Å². The zero-order chi connectivity index (χ0) is 11.8. The highest BCUT2D eigenvalue weighted by Crippen LogP contribution is 2.31. The van der Waals surface area contributed by atoms with Gasteiger partial charge in [-0.05, 0) is 37.8 Å². The smallest absolute Gasteiger partial charge is 0.121 e. The van der Waals surface area contributed by atoms with Crippen molar-refractivity contribution in [1.82, 2.24) is 5.32 Å². The third-order valence-electron chi connectivity index (χ3n) is 3.62. The van der Waals surface area contributed by atoms with E-state index in [1.54, 1.807) is 12.1 Å². The predicted molar refractivity (Wildman–Crippen MR) is 70.1 cm³/mol. The molecule has 1 aromatic rings. The number of rotatable bonds is 2. The van der Waals surface area contributed by atoms with Crippen molar-refractivity contribution in [2.75, 3.05) is 0 Å². The summed E-state index contributed by atoms with van der Waals surface area (Å²) < 4.78 is 5.99. The molecular weight excluding hydrogens is 257 g/mol. The minimum absolute atomic E-state index is 0.311. The van der Waals surface area contributed by atoms with Crippen molar-refractivity contribution in [3.05, 3.63) is 28.2 Å². The third-order valence-corrected chi connectivity index (χ3v) is 4.36. The minimum atomic E-state index is 0.311. The first-order valence-corrected chi connectivity index (χ1v) is 6.84. The van der Waals surface area contributed by atoms with E-state index >= 15 is 0 Å². The van der Waals surface area contributed by atoms with Crippen LogP contribution in [0.5, 0.6) is 5.75 Å². The molecule has 2 heterocycles. The Bertz CT molecular complexity index is 412. The predicted octanol–water partition coefficient (Wildman–Crippen LogP) is 3.66. The fourth-order valence-corrected chi connectivity index (χ4v) is 3.13. The van der Waals surface area contributed by atoms with Crippen molar-refractivity contribution in [3.63, 3.8) is 0 Å². The van der Waals surface area contributed by atoms with E-state index in [-0.39, 0.29) is 0 Å². The van der Waals surface area contributed by atoms with E-state index in [2.05, 4.69) is 5.32 Å². The van der Waals surface area contributed by atoms with Gasteiger partial charge in [0.1, 0.15) is 11.9 Å². The zero-order valence-corrected chi connectivity index (χ0v) is 11.0. The van der Waals surface area contributed by atoms with Crippen LogP contribution in [0.4, 0.5) is 0 Å². The highest BCUT2D eigenvalue weighted by Gasteiger charge is 2.34. The molecule has 1 aromatic carbocycles. The second-order valence-electron chi connectivity index (χ2n) is 4.93. The molecule has 0 saturated carbocycles. The van der Waals surface area contributed by atoms with Crippen LogP contribution in [0.2, 0.25) is 10.0 Å². The Labute approximate surface area is 111 Å². The van der Waals surface area contributed by atoms with Crippen LogP contribution in [0.3, 0.4) is 0 Å². The maximum absolute atomic E-state index is 5.99. The van der Waals surface area contributed by atoms with Crippen molar-refractivity contribution < 1.29 is 4.74 Å². The Hall–Kier alpha value is -0.440. The number of nitrogens with one attached hydrogen (secondary N) is 1. The maximum Gasteiger partial charge on any atom is 0.121 e. The summed E-state index contributed by atoms with van der Waals surface area (Å²) in [6, 6.07) is 6.75. The van der Waals surface area contributed by atoms with E-state index in [4.69, 9.17) is 27.9 Å². The molecule has 0 radical (unpaired) electrons. The number of halogens is 2. The van der Waals surface area contributed by atoms with Gasteiger partial charge in [-0.3, -0.25) is 0 Å². The monoisotopic (exact) mass is 271 g/mol. The number of hydrogen-bond donors (Lipinski definition) is 1. The summed E-state index contributed by atoms with van der Waals surface area (Å²) in [7, 11) is 0. The van der Waals surface area contributed by atoms with Crippen LogP contribution in [-0.2, 0) is 0 Å². The van der Waals surface area contributed by atoms with Crippen LogP contribution >= 0.6 is 23.2 Å².